The molecule has 0 aromatic rings. The summed E-state index contributed by atoms with van der Waals surface area (Å²) >= 11 is 0. The molecule has 0 bridgehead atoms. The first-order valence-corrected chi connectivity index (χ1v) is 15.1. The molecule has 0 saturated carbocycles. The summed E-state index contributed by atoms with van der Waals surface area (Å²) < 4.78 is 18.0. The zero-order valence-corrected chi connectivity index (χ0v) is 26.1. The average Bonchev–Trinajstić information content (AvgIpc) is 2.93. The summed E-state index contributed by atoms with van der Waals surface area (Å²) in [7, 11) is 3.46. The van der Waals surface area contributed by atoms with E-state index in [2.05, 4.69) is 0 Å². The molecular formula is C31H53NO10. The Balaban J connectivity index is 2.51. The third kappa shape index (κ3) is 9.65. The van der Waals surface area contributed by atoms with Crippen molar-refractivity contribution in [2.45, 2.75) is 109 Å². The van der Waals surface area contributed by atoms with Crippen LogP contribution in [0, 0.1) is 23.7 Å². The molecule has 11 heteroatoms. The van der Waals surface area contributed by atoms with E-state index in [0.717, 1.165) is 5.57 Å². The van der Waals surface area contributed by atoms with Crippen LogP contribution >= 0.6 is 0 Å². The van der Waals surface area contributed by atoms with E-state index in [1.165, 1.54) is 6.08 Å². The van der Waals surface area contributed by atoms with Gasteiger partial charge in [0.15, 0.2) is 12.1 Å². The van der Waals surface area contributed by atoms with Crippen molar-refractivity contribution in [1.29, 1.82) is 0 Å². The van der Waals surface area contributed by atoms with Crippen molar-refractivity contribution in [3.05, 3.63) is 23.8 Å². The number of nitrogens with zero attached hydrogens (tertiary/aromatic N) is 1. The highest BCUT2D eigenvalue weighted by atomic mass is 16.7. The van der Waals surface area contributed by atoms with Crippen LogP contribution in [0.3, 0.4) is 0 Å². The molecule has 5 N–H and O–H groups in total. The Morgan fingerprint density at radius 3 is 2.29 bits per heavy atom. The third-order valence-electron chi connectivity index (χ3n) is 8.66. The summed E-state index contributed by atoms with van der Waals surface area (Å²) in [5, 5.41) is 53.0. The Bertz CT molecular complexity index is 923. The van der Waals surface area contributed by atoms with Crippen LogP contribution in [0.15, 0.2) is 23.8 Å². The second-order valence-electron chi connectivity index (χ2n) is 12.2. The van der Waals surface area contributed by atoms with Gasteiger partial charge in [0, 0.05) is 24.4 Å². The molecule has 2 heterocycles. The van der Waals surface area contributed by atoms with Gasteiger partial charge in [-0.3, -0.25) is 9.59 Å². The van der Waals surface area contributed by atoms with Gasteiger partial charge in [-0.05, 0) is 59.2 Å². The minimum atomic E-state index is -1.24. The number of allylic oxidation sites excluding steroid dienone is 3. The smallest absolute Gasteiger partial charge is 0.308 e. The highest BCUT2D eigenvalue weighted by Gasteiger charge is 2.47. The maximum Gasteiger partial charge on any atom is 0.308 e. The van der Waals surface area contributed by atoms with Gasteiger partial charge in [-0.2, -0.15) is 0 Å². The molecule has 5 unspecified atom stereocenters. The predicted molar refractivity (Wildman–Crippen MR) is 156 cm³/mol. The molecular weight excluding hydrogens is 546 g/mol. The molecule has 12 atom stereocenters. The summed E-state index contributed by atoms with van der Waals surface area (Å²) in [5.74, 6) is -2.88. The predicted octanol–water partition coefficient (Wildman–Crippen LogP) is 1.20. The monoisotopic (exact) mass is 599 g/mol. The largest absolute Gasteiger partial charge is 0.462 e. The van der Waals surface area contributed by atoms with E-state index in [-0.39, 0.29) is 31.8 Å². The standard InChI is InChI=1S/C31H53NO10/c1-8-25-22(16-34)13-17(2)9-10-23(35)18(3)14-21(11-12-33)30(19(4)24(36)15-26(37)41-25)42-31-29(39)27(32(6)7)28(38)20(5)40-31/h9-10,13,18-22,24-25,27-31,33-34,36,38-39H,8,11-12,14-16H2,1-7H3/b10-9+,17-13+/t18-,19+,20?,21+,22-,24-,25-,27?,28?,29?,30-,31?/m1/s1. The number of aliphatic hydroxyl groups is 5. The summed E-state index contributed by atoms with van der Waals surface area (Å²) in [6, 6.07) is -0.691. The molecule has 11 nitrogen and oxygen atoms in total. The molecule has 0 aromatic heterocycles. The van der Waals surface area contributed by atoms with Gasteiger partial charge in [0.1, 0.15) is 12.2 Å². The van der Waals surface area contributed by atoms with Crippen LogP contribution in [-0.2, 0) is 23.8 Å². The SMILES string of the molecule is CC[C@H]1OC(=O)C[C@@H](O)[C@H](C)[C@@H](OC2OC(C)C(O)C(N(C)C)C2O)[C@@H](CCO)C[C@@H](C)C(=O)/C=C/C(C)=C/[C@@H]1CO. The van der Waals surface area contributed by atoms with Crippen molar-refractivity contribution in [2.75, 3.05) is 27.3 Å². The van der Waals surface area contributed by atoms with Crippen LogP contribution in [0.25, 0.3) is 0 Å². The average molecular weight is 600 g/mol. The highest BCUT2D eigenvalue weighted by molar-refractivity contribution is 5.91. The molecule has 1 fully saturated rings. The molecule has 1 saturated heterocycles. The Morgan fingerprint density at radius 2 is 1.71 bits per heavy atom. The third-order valence-corrected chi connectivity index (χ3v) is 8.66. The zero-order valence-electron chi connectivity index (χ0n) is 26.1. The van der Waals surface area contributed by atoms with E-state index in [1.807, 2.05) is 6.92 Å². The first kappa shape index (κ1) is 36.5. The minimum absolute atomic E-state index is 0.137. The lowest BCUT2D eigenvalue weighted by Crippen LogP contribution is -2.63. The van der Waals surface area contributed by atoms with E-state index in [4.69, 9.17) is 14.2 Å². The zero-order chi connectivity index (χ0) is 31.7. The van der Waals surface area contributed by atoms with Gasteiger partial charge in [0.25, 0.3) is 0 Å². The first-order chi connectivity index (χ1) is 19.7. The minimum Gasteiger partial charge on any atom is -0.462 e. The van der Waals surface area contributed by atoms with Gasteiger partial charge in [-0.1, -0.05) is 38.5 Å². The van der Waals surface area contributed by atoms with E-state index < -0.39 is 78.6 Å². The molecule has 42 heavy (non-hydrogen) atoms. The van der Waals surface area contributed by atoms with Crippen molar-refractivity contribution in [3.63, 3.8) is 0 Å². The number of carbonyl (C=O) groups excluding carboxylic acids is 2. The Kier molecular flexibility index (Phi) is 14.7. The van der Waals surface area contributed by atoms with Crippen LogP contribution in [0.5, 0.6) is 0 Å². The van der Waals surface area contributed by atoms with E-state index >= 15 is 0 Å². The molecule has 242 valence electrons. The second-order valence-corrected chi connectivity index (χ2v) is 12.2. The number of likely N-dealkylation sites (N-methyl/N-ethyl adjacent to an activating group) is 1. The number of ketones is 1. The molecule has 2 aliphatic rings. The molecule has 2 rings (SSSR count). The van der Waals surface area contributed by atoms with Crippen LogP contribution < -0.4 is 0 Å². The lowest BCUT2D eigenvalue weighted by atomic mass is 9.79. The van der Waals surface area contributed by atoms with Crippen molar-refractivity contribution in [2.24, 2.45) is 23.7 Å². The van der Waals surface area contributed by atoms with E-state index in [0.29, 0.717) is 12.8 Å². The molecule has 0 aliphatic carbocycles. The molecule has 0 spiro atoms. The summed E-state index contributed by atoms with van der Waals surface area (Å²) in [6.07, 6.45) is -1.22. The van der Waals surface area contributed by atoms with Crippen LogP contribution in [-0.4, -0.2) is 118 Å². The molecule has 0 amide bonds. The van der Waals surface area contributed by atoms with Crippen molar-refractivity contribution in [1.82, 2.24) is 4.90 Å². The first-order valence-electron chi connectivity index (χ1n) is 15.1. The maximum absolute atomic E-state index is 13.1. The lowest BCUT2D eigenvalue weighted by molar-refractivity contribution is -0.304. The summed E-state index contributed by atoms with van der Waals surface area (Å²) in [4.78, 5) is 27.8. The topological polar surface area (TPSA) is 166 Å². The van der Waals surface area contributed by atoms with Gasteiger partial charge < -0.3 is 44.6 Å². The normalized spacial score (nSPS) is 41.7. The fourth-order valence-corrected chi connectivity index (χ4v) is 6.02. The van der Waals surface area contributed by atoms with E-state index in [9.17, 15) is 35.1 Å². The number of ether oxygens (including phenoxy) is 3. The number of esters is 1. The van der Waals surface area contributed by atoms with E-state index in [1.54, 1.807) is 58.8 Å². The molecule has 0 aromatic carbocycles. The van der Waals surface area contributed by atoms with Crippen molar-refractivity contribution < 1.29 is 49.3 Å². The van der Waals surface area contributed by atoms with Gasteiger partial charge in [-0.25, -0.2) is 0 Å². The Morgan fingerprint density at radius 1 is 1.05 bits per heavy atom. The highest BCUT2D eigenvalue weighted by Crippen LogP contribution is 2.34. The maximum atomic E-state index is 13.1. The number of hydrogen-bond acceptors (Lipinski definition) is 11. The van der Waals surface area contributed by atoms with Crippen molar-refractivity contribution >= 4 is 11.8 Å². The molecule has 2 aliphatic heterocycles. The number of carbonyl (C=O) groups is 2. The summed E-state index contributed by atoms with van der Waals surface area (Å²) in [5.41, 5.74) is 0.730. The van der Waals surface area contributed by atoms with Gasteiger partial charge in [-0.15, -0.1) is 0 Å². The quantitative estimate of drug-likeness (QED) is 0.267. The Hall–Kier alpha value is -1.70. The second kappa shape index (κ2) is 17.0. The fraction of sp³-hybridized carbons (Fsp3) is 0.806. The van der Waals surface area contributed by atoms with Crippen LogP contribution in [0.4, 0.5) is 0 Å². The number of aliphatic hydroxyl groups excluding tert-OH is 5. The van der Waals surface area contributed by atoms with Crippen LogP contribution in [0.1, 0.15) is 60.3 Å². The Labute approximate surface area is 250 Å². The number of rotatable bonds is 7. The van der Waals surface area contributed by atoms with Gasteiger partial charge in [0.05, 0.1) is 43.5 Å². The number of hydrogen-bond donors (Lipinski definition) is 5. The van der Waals surface area contributed by atoms with Gasteiger partial charge in [0.2, 0.25) is 0 Å². The van der Waals surface area contributed by atoms with Crippen molar-refractivity contribution in [3.8, 4) is 0 Å². The molecule has 0 radical (unpaired) electrons. The fourth-order valence-electron chi connectivity index (χ4n) is 6.02. The van der Waals surface area contributed by atoms with Crippen LogP contribution in [0.2, 0.25) is 0 Å². The lowest BCUT2D eigenvalue weighted by Gasteiger charge is -2.46. The number of cyclic esters (lactones) is 1. The van der Waals surface area contributed by atoms with Gasteiger partial charge >= 0.3 is 5.97 Å². The summed E-state index contributed by atoms with van der Waals surface area (Å²) in [6.45, 7) is 8.33.